The van der Waals surface area contributed by atoms with E-state index in [0.29, 0.717) is 23.3 Å². The first-order valence-corrected chi connectivity index (χ1v) is 9.27. The summed E-state index contributed by atoms with van der Waals surface area (Å²) in [4.78, 5) is 12.2. The highest BCUT2D eigenvalue weighted by Crippen LogP contribution is 2.23. The average Bonchev–Trinajstić information content (AvgIpc) is 2.58. The van der Waals surface area contributed by atoms with Crippen LogP contribution in [0.4, 0.5) is 5.69 Å². The van der Waals surface area contributed by atoms with Crippen molar-refractivity contribution in [3.8, 4) is 5.75 Å². The fraction of sp³-hybridized carbons (Fsp3) is 0.235. The van der Waals surface area contributed by atoms with Crippen molar-refractivity contribution >= 4 is 21.4 Å². The highest BCUT2D eigenvalue weighted by atomic mass is 32.2. The zero-order valence-corrected chi connectivity index (χ0v) is 15.4. The molecule has 0 heterocycles. The molecule has 138 valence electrons. The second-order valence-corrected chi connectivity index (χ2v) is 7.39. The Labute approximate surface area is 151 Å². The molecular weight excluding hydrogens is 358 g/mol. The van der Waals surface area contributed by atoms with Crippen molar-refractivity contribution < 1.29 is 18.4 Å². The highest BCUT2D eigenvalue weighted by Gasteiger charge is 2.20. The lowest BCUT2D eigenvalue weighted by Crippen LogP contribution is -2.21. The summed E-state index contributed by atoms with van der Waals surface area (Å²) in [6.07, 6.45) is 0.369. The van der Waals surface area contributed by atoms with Gasteiger partial charge in [-0.05, 0) is 38.5 Å². The van der Waals surface area contributed by atoms with Crippen LogP contribution >= 0.6 is 0 Å². The number of nitro benzene ring substituents is 1. The van der Waals surface area contributed by atoms with E-state index in [2.05, 4.69) is 9.93 Å². The number of sulfonamides is 1. The summed E-state index contributed by atoms with van der Waals surface area (Å²) in [6, 6.07) is 8.56. The molecule has 0 amide bonds. The van der Waals surface area contributed by atoms with Crippen molar-refractivity contribution in [1.82, 2.24) is 4.83 Å². The van der Waals surface area contributed by atoms with E-state index in [-0.39, 0.29) is 16.3 Å². The van der Waals surface area contributed by atoms with Crippen LogP contribution in [0.15, 0.2) is 46.4 Å². The molecule has 0 saturated heterocycles. The van der Waals surface area contributed by atoms with Gasteiger partial charge in [0, 0.05) is 17.2 Å². The first kappa shape index (κ1) is 19.4. The maximum atomic E-state index is 12.4. The van der Waals surface area contributed by atoms with E-state index in [4.69, 9.17) is 0 Å². The molecule has 0 aliphatic rings. The molecule has 0 aliphatic carbocycles. The molecule has 0 bridgehead atoms. The minimum atomic E-state index is -4.09. The van der Waals surface area contributed by atoms with Crippen LogP contribution in [0, 0.1) is 24.0 Å². The topological polar surface area (TPSA) is 122 Å². The Bertz CT molecular complexity index is 984. The molecule has 2 N–H and O–H groups in total. The molecule has 0 spiro atoms. The lowest BCUT2D eigenvalue weighted by atomic mass is 10.0. The molecule has 0 aliphatic heterocycles. The van der Waals surface area contributed by atoms with Gasteiger partial charge in [-0.2, -0.15) is 18.4 Å². The van der Waals surface area contributed by atoms with Crippen molar-refractivity contribution in [1.29, 1.82) is 0 Å². The smallest absolute Gasteiger partial charge is 0.276 e. The van der Waals surface area contributed by atoms with Crippen LogP contribution in [-0.4, -0.2) is 24.2 Å². The summed E-state index contributed by atoms with van der Waals surface area (Å²) in [7, 11) is -4.09. The van der Waals surface area contributed by atoms with Gasteiger partial charge in [-0.25, -0.2) is 0 Å². The Morgan fingerprint density at radius 1 is 1.23 bits per heavy atom. The summed E-state index contributed by atoms with van der Waals surface area (Å²) >= 11 is 0. The fourth-order valence-electron chi connectivity index (χ4n) is 2.33. The molecule has 2 aromatic carbocycles. The maximum Gasteiger partial charge on any atom is 0.276 e. The number of hydrogen-bond donors (Lipinski definition) is 2. The van der Waals surface area contributed by atoms with Crippen molar-refractivity contribution in [3.05, 3.63) is 63.2 Å². The number of phenols is 1. The Kier molecular flexibility index (Phi) is 5.61. The minimum absolute atomic E-state index is 0.0126. The average molecular weight is 377 g/mol. The van der Waals surface area contributed by atoms with E-state index in [1.54, 1.807) is 19.1 Å². The first-order chi connectivity index (χ1) is 12.2. The van der Waals surface area contributed by atoms with E-state index >= 15 is 0 Å². The number of rotatable bonds is 6. The van der Waals surface area contributed by atoms with Crippen molar-refractivity contribution in [2.24, 2.45) is 5.10 Å². The molecular formula is C17H19N3O5S. The van der Waals surface area contributed by atoms with Gasteiger partial charge in [-0.1, -0.05) is 24.6 Å². The first-order valence-electron chi connectivity index (χ1n) is 7.79. The molecule has 2 aromatic rings. The van der Waals surface area contributed by atoms with Gasteiger partial charge in [0.05, 0.1) is 15.5 Å². The number of phenolic OH excluding ortho intramolecular Hbond substituents is 1. The molecule has 2 rings (SSSR count). The molecule has 0 radical (unpaired) electrons. The lowest BCUT2D eigenvalue weighted by Gasteiger charge is -2.09. The molecule has 0 unspecified atom stereocenters. The highest BCUT2D eigenvalue weighted by molar-refractivity contribution is 7.89. The zero-order chi connectivity index (χ0) is 19.5. The van der Waals surface area contributed by atoms with Crippen LogP contribution in [0.1, 0.15) is 30.0 Å². The van der Waals surface area contributed by atoms with Crippen LogP contribution in [0.25, 0.3) is 0 Å². The molecule has 0 saturated carbocycles. The Morgan fingerprint density at radius 2 is 1.92 bits per heavy atom. The Morgan fingerprint density at radius 3 is 2.54 bits per heavy atom. The normalized spacial score (nSPS) is 12.0. The predicted octanol–water partition coefficient (Wildman–Crippen LogP) is 3.01. The van der Waals surface area contributed by atoms with Gasteiger partial charge in [0.25, 0.3) is 15.7 Å². The number of aryl methyl sites for hydroxylation is 2. The fourth-order valence-corrected chi connectivity index (χ4v) is 3.18. The van der Waals surface area contributed by atoms with Gasteiger partial charge in [-0.3, -0.25) is 10.1 Å². The van der Waals surface area contributed by atoms with Gasteiger partial charge < -0.3 is 5.11 Å². The van der Waals surface area contributed by atoms with Crippen LogP contribution in [-0.2, 0) is 10.0 Å². The standard InChI is InChI=1S/C17H19N3O5S/c1-4-15(14-9-11(2)5-8-17(14)21)18-19-26(24,25)13-7-6-12(3)16(10-13)20(22)23/h5-10,19,21H,4H2,1-3H3/b18-15+. The van der Waals surface area contributed by atoms with E-state index < -0.39 is 14.9 Å². The summed E-state index contributed by atoms with van der Waals surface area (Å²) in [5.41, 5.74) is 1.72. The summed E-state index contributed by atoms with van der Waals surface area (Å²) in [5, 5.41) is 24.9. The van der Waals surface area contributed by atoms with Gasteiger partial charge >= 0.3 is 0 Å². The van der Waals surface area contributed by atoms with E-state index in [9.17, 15) is 23.6 Å². The number of nitrogens with one attached hydrogen (secondary N) is 1. The number of nitro groups is 1. The van der Waals surface area contributed by atoms with Gasteiger partial charge in [-0.15, -0.1) is 0 Å². The summed E-state index contributed by atoms with van der Waals surface area (Å²) in [5.74, 6) is -0.0126. The van der Waals surface area contributed by atoms with E-state index in [0.717, 1.165) is 11.6 Å². The van der Waals surface area contributed by atoms with Crippen LogP contribution in [0.2, 0.25) is 0 Å². The van der Waals surface area contributed by atoms with Gasteiger partial charge in [0.1, 0.15) is 5.75 Å². The van der Waals surface area contributed by atoms with Crippen molar-refractivity contribution in [3.63, 3.8) is 0 Å². The van der Waals surface area contributed by atoms with Crippen molar-refractivity contribution in [2.75, 3.05) is 0 Å². The van der Waals surface area contributed by atoms with Gasteiger partial charge in [0.15, 0.2) is 0 Å². The lowest BCUT2D eigenvalue weighted by molar-refractivity contribution is -0.385. The van der Waals surface area contributed by atoms with Crippen LogP contribution in [0.3, 0.4) is 0 Å². The third kappa shape index (κ3) is 4.17. The maximum absolute atomic E-state index is 12.4. The monoisotopic (exact) mass is 377 g/mol. The van der Waals surface area contributed by atoms with E-state index in [1.165, 1.54) is 25.1 Å². The second kappa shape index (κ2) is 7.52. The predicted molar refractivity (Wildman–Crippen MR) is 97.8 cm³/mol. The Balaban J connectivity index is 2.39. The second-order valence-electron chi connectivity index (χ2n) is 5.73. The SMILES string of the molecule is CC/C(=N\NS(=O)(=O)c1ccc(C)c([N+](=O)[O-])c1)c1cc(C)ccc1O. The van der Waals surface area contributed by atoms with Gasteiger partial charge in [0.2, 0.25) is 0 Å². The molecule has 8 nitrogen and oxygen atoms in total. The molecule has 0 aromatic heterocycles. The number of hydrogen-bond acceptors (Lipinski definition) is 6. The Hall–Kier alpha value is -2.94. The molecule has 0 fully saturated rings. The minimum Gasteiger partial charge on any atom is -0.507 e. The number of aromatic hydroxyl groups is 1. The molecule has 0 atom stereocenters. The molecule has 9 heteroatoms. The zero-order valence-electron chi connectivity index (χ0n) is 14.6. The van der Waals surface area contributed by atoms with E-state index in [1.807, 2.05) is 6.92 Å². The number of hydrazone groups is 1. The third-order valence-electron chi connectivity index (χ3n) is 3.79. The summed E-state index contributed by atoms with van der Waals surface area (Å²) < 4.78 is 24.8. The van der Waals surface area contributed by atoms with Crippen molar-refractivity contribution in [2.45, 2.75) is 32.1 Å². The summed E-state index contributed by atoms with van der Waals surface area (Å²) in [6.45, 7) is 5.13. The molecule has 26 heavy (non-hydrogen) atoms. The number of nitrogens with zero attached hydrogens (tertiary/aromatic N) is 2. The quantitative estimate of drug-likeness (QED) is 0.455. The van der Waals surface area contributed by atoms with Crippen LogP contribution in [0.5, 0.6) is 5.75 Å². The number of benzene rings is 2. The van der Waals surface area contributed by atoms with Crippen LogP contribution < -0.4 is 4.83 Å². The third-order valence-corrected chi connectivity index (χ3v) is 4.99. The largest absolute Gasteiger partial charge is 0.507 e.